The van der Waals surface area contributed by atoms with Crippen molar-refractivity contribution in [1.29, 1.82) is 0 Å². The van der Waals surface area contributed by atoms with Gasteiger partial charge in [-0.1, -0.05) is 30.3 Å². The highest BCUT2D eigenvalue weighted by Gasteiger charge is 2.33. The van der Waals surface area contributed by atoms with E-state index in [0.29, 0.717) is 29.7 Å². The van der Waals surface area contributed by atoms with Gasteiger partial charge in [0.25, 0.3) is 5.56 Å². The summed E-state index contributed by atoms with van der Waals surface area (Å²) in [6.45, 7) is 0. The van der Waals surface area contributed by atoms with E-state index >= 15 is 0 Å². The minimum Gasteiger partial charge on any atom is -0.349 e. The van der Waals surface area contributed by atoms with Crippen LogP contribution in [0, 0.1) is 5.92 Å². The highest BCUT2D eigenvalue weighted by Crippen LogP contribution is 2.41. The fraction of sp³-hybridized carbons (Fsp3) is 0.435. The number of aromatic nitrogens is 2. The summed E-state index contributed by atoms with van der Waals surface area (Å²) in [5.74, 6) is 2.69. The van der Waals surface area contributed by atoms with Crippen LogP contribution in [0.5, 0.6) is 0 Å². The molecule has 2 aliphatic rings. The van der Waals surface area contributed by atoms with E-state index in [1.807, 2.05) is 18.2 Å². The fourth-order valence-electron chi connectivity index (χ4n) is 4.26. The number of H-pyrrole nitrogens is 1. The van der Waals surface area contributed by atoms with Crippen molar-refractivity contribution >= 4 is 39.2 Å². The van der Waals surface area contributed by atoms with Crippen molar-refractivity contribution in [2.45, 2.75) is 50.3 Å². The van der Waals surface area contributed by atoms with Crippen molar-refractivity contribution in [3.63, 3.8) is 0 Å². The summed E-state index contributed by atoms with van der Waals surface area (Å²) in [5, 5.41) is 4.02. The van der Waals surface area contributed by atoms with Gasteiger partial charge in [0.2, 0.25) is 5.91 Å². The zero-order chi connectivity index (χ0) is 20.5. The first kappa shape index (κ1) is 19.8. The van der Waals surface area contributed by atoms with Crippen LogP contribution in [0.15, 0.2) is 35.1 Å². The Morgan fingerprint density at radius 3 is 2.90 bits per heavy atom. The third kappa shape index (κ3) is 4.18. The number of rotatable bonds is 8. The molecule has 1 atom stereocenters. The molecule has 7 heteroatoms. The molecule has 0 bridgehead atoms. The molecule has 0 spiro atoms. The lowest BCUT2D eigenvalue weighted by molar-refractivity contribution is -0.121. The number of thioether (sulfide) groups is 1. The maximum Gasteiger partial charge on any atom is 0.259 e. The van der Waals surface area contributed by atoms with Gasteiger partial charge in [-0.2, -0.15) is 11.8 Å². The molecule has 2 heterocycles. The summed E-state index contributed by atoms with van der Waals surface area (Å²) >= 11 is 3.31. The van der Waals surface area contributed by atoms with Crippen LogP contribution in [-0.4, -0.2) is 21.6 Å². The molecule has 0 saturated heterocycles. The molecule has 1 fully saturated rings. The van der Waals surface area contributed by atoms with Crippen LogP contribution >= 0.6 is 23.1 Å². The van der Waals surface area contributed by atoms with Gasteiger partial charge in [0.1, 0.15) is 10.7 Å². The third-order valence-electron chi connectivity index (χ3n) is 5.90. The number of thiophene rings is 1. The number of aryl methyl sites for hydroxylation is 2. The first-order chi connectivity index (χ1) is 14.7. The highest BCUT2D eigenvalue weighted by molar-refractivity contribution is 7.98. The lowest BCUT2D eigenvalue weighted by Crippen LogP contribution is -2.30. The van der Waals surface area contributed by atoms with Crippen molar-refractivity contribution in [1.82, 2.24) is 15.3 Å². The second-order valence-electron chi connectivity index (χ2n) is 8.15. The van der Waals surface area contributed by atoms with Crippen LogP contribution < -0.4 is 10.9 Å². The Morgan fingerprint density at radius 1 is 1.27 bits per heavy atom. The quantitative estimate of drug-likeness (QED) is 0.511. The van der Waals surface area contributed by atoms with Crippen molar-refractivity contribution in [2.24, 2.45) is 5.92 Å². The molecule has 2 aliphatic carbocycles. The zero-order valence-electron chi connectivity index (χ0n) is 16.8. The van der Waals surface area contributed by atoms with Gasteiger partial charge in [-0.25, -0.2) is 4.98 Å². The second kappa shape index (κ2) is 8.55. The molecular formula is C23H25N3O2S2. The Morgan fingerprint density at radius 2 is 2.10 bits per heavy atom. The third-order valence-corrected chi connectivity index (χ3v) is 8.06. The van der Waals surface area contributed by atoms with Gasteiger partial charge in [0, 0.05) is 17.1 Å². The molecule has 0 aliphatic heterocycles. The number of carbonyl (C=O) groups excluding carboxylic acids is 1. The summed E-state index contributed by atoms with van der Waals surface area (Å²) in [6, 6.07) is 10.4. The molecule has 1 aromatic carbocycles. The molecule has 2 N–H and O–H groups in total. The normalized spacial score (nSPS) is 16.5. The Balaban J connectivity index is 1.15. The highest BCUT2D eigenvalue weighted by atomic mass is 32.2. The van der Waals surface area contributed by atoms with Gasteiger partial charge in [0.05, 0.1) is 17.2 Å². The van der Waals surface area contributed by atoms with Crippen LogP contribution in [0.4, 0.5) is 0 Å². The summed E-state index contributed by atoms with van der Waals surface area (Å²) in [6.07, 6.45) is 6.04. The van der Waals surface area contributed by atoms with Gasteiger partial charge in [-0.15, -0.1) is 11.3 Å². The first-order valence-corrected chi connectivity index (χ1v) is 12.6. The number of carbonyl (C=O) groups is 1. The molecule has 156 valence electrons. The van der Waals surface area contributed by atoms with Gasteiger partial charge in [0.15, 0.2) is 0 Å². The smallest absolute Gasteiger partial charge is 0.259 e. The Hall–Kier alpha value is -2.12. The fourth-order valence-corrected chi connectivity index (χ4v) is 6.34. The summed E-state index contributed by atoms with van der Waals surface area (Å²) in [5.41, 5.74) is 2.39. The van der Waals surface area contributed by atoms with E-state index < -0.39 is 0 Å². The van der Waals surface area contributed by atoms with Crippen LogP contribution in [0.2, 0.25) is 0 Å². The maximum atomic E-state index is 12.5. The predicted molar refractivity (Wildman–Crippen MR) is 123 cm³/mol. The molecule has 5 rings (SSSR count). The van der Waals surface area contributed by atoms with Crippen LogP contribution in [0.3, 0.4) is 0 Å². The average molecular weight is 440 g/mol. The van der Waals surface area contributed by atoms with E-state index in [1.54, 1.807) is 23.1 Å². The molecular weight excluding hydrogens is 414 g/mol. The van der Waals surface area contributed by atoms with E-state index in [4.69, 9.17) is 0 Å². The van der Waals surface area contributed by atoms with Crippen molar-refractivity contribution in [2.75, 3.05) is 5.75 Å². The maximum absolute atomic E-state index is 12.5. The number of nitrogens with one attached hydrogen (secondary N) is 2. The van der Waals surface area contributed by atoms with E-state index in [1.165, 1.54) is 28.8 Å². The molecule has 3 aromatic rings. The Labute approximate surface area is 183 Å². The van der Waals surface area contributed by atoms with Gasteiger partial charge < -0.3 is 10.3 Å². The number of hydrogen-bond donors (Lipinski definition) is 2. The monoisotopic (exact) mass is 439 g/mol. The van der Waals surface area contributed by atoms with Gasteiger partial charge in [-0.3, -0.25) is 9.59 Å². The number of aromatic amines is 1. The predicted octanol–water partition coefficient (Wildman–Crippen LogP) is 4.36. The molecule has 30 heavy (non-hydrogen) atoms. The number of nitrogens with zero attached hydrogens (tertiary/aromatic N) is 1. The number of benzene rings is 1. The lowest BCUT2D eigenvalue weighted by atomic mass is 10.0. The Bertz CT molecular complexity index is 1120. The average Bonchev–Trinajstić information content (AvgIpc) is 3.38. The van der Waals surface area contributed by atoms with Crippen LogP contribution in [-0.2, 0) is 23.4 Å². The molecule has 2 aromatic heterocycles. The number of hydrogen-bond acceptors (Lipinski definition) is 5. The summed E-state index contributed by atoms with van der Waals surface area (Å²) in [4.78, 5) is 34.8. The summed E-state index contributed by atoms with van der Waals surface area (Å²) in [7, 11) is 0. The molecule has 1 unspecified atom stereocenters. The van der Waals surface area contributed by atoms with E-state index in [9.17, 15) is 9.59 Å². The zero-order valence-corrected chi connectivity index (χ0v) is 18.4. The number of amides is 1. The SMILES string of the molecule is O=C(CCSCc1nc2sc3c(c2c(=O)[nH]1)CCC3)NC(c1ccccc1)C1CC1. The second-order valence-corrected chi connectivity index (χ2v) is 10.3. The topological polar surface area (TPSA) is 74.8 Å². The minimum absolute atomic E-state index is 0.0112. The van der Waals surface area contributed by atoms with Crippen LogP contribution in [0.25, 0.3) is 10.2 Å². The van der Waals surface area contributed by atoms with E-state index in [2.05, 4.69) is 27.4 Å². The molecule has 0 radical (unpaired) electrons. The molecule has 1 saturated carbocycles. The first-order valence-electron chi connectivity index (χ1n) is 10.6. The summed E-state index contributed by atoms with van der Waals surface area (Å²) < 4.78 is 0. The van der Waals surface area contributed by atoms with Crippen molar-refractivity contribution in [3.05, 3.63) is 62.5 Å². The lowest BCUT2D eigenvalue weighted by Gasteiger charge is -2.18. The minimum atomic E-state index is -0.0112. The van der Waals surface area contributed by atoms with Gasteiger partial charge >= 0.3 is 0 Å². The standard InChI is InChI=1S/C23H25N3O2S2/c27-19(26-21(15-9-10-15)14-5-2-1-3-6-14)11-12-29-13-18-24-22(28)20-16-7-4-8-17(16)30-23(20)25-18/h1-3,5-6,15,21H,4,7-13H2,(H,26,27)(H,24,25,28). The van der Waals surface area contributed by atoms with Crippen LogP contribution in [0.1, 0.15) is 53.6 Å². The molecule has 5 nitrogen and oxygen atoms in total. The van der Waals surface area contributed by atoms with Gasteiger partial charge in [-0.05, 0) is 49.1 Å². The van der Waals surface area contributed by atoms with Crippen molar-refractivity contribution < 1.29 is 4.79 Å². The van der Waals surface area contributed by atoms with E-state index in [0.717, 1.165) is 29.5 Å². The largest absolute Gasteiger partial charge is 0.349 e. The van der Waals surface area contributed by atoms with E-state index in [-0.39, 0.29) is 17.5 Å². The molecule has 1 amide bonds. The number of fused-ring (bicyclic) bond motifs is 3. The van der Waals surface area contributed by atoms with Crippen molar-refractivity contribution in [3.8, 4) is 0 Å². The Kier molecular flexibility index (Phi) is 5.65.